The van der Waals surface area contributed by atoms with Crippen LogP contribution < -0.4 is 11.1 Å². The lowest BCUT2D eigenvalue weighted by Crippen LogP contribution is -2.31. The zero-order valence-corrected chi connectivity index (χ0v) is 9.16. The van der Waals surface area contributed by atoms with E-state index in [4.69, 9.17) is 5.73 Å². The molecular formula is C11H17N3O. The van der Waals surface area contributed by atoms with E-state index in [-0.39, 0.29) is 11.9 Å². The van der Waals surface area contributed by atoms with Gasteiger partial charge in [-0.15, -0.1) is 0 Å². The minimum atomic E-state index is -0.0337. The third kappa shape index (κ3) is 2.14. The summed E-state index contributed by atoms with van der Waals surface area (Å²) in [4.78, 5) is 11.8. The first-order valence-electron chi connectivity index (χ1n) is 5.36. The van der Waals surface area contributed by atoms with E-state index in [1.165, 1.54) is 0 Å². The molecule has 0 unspecified atom stereocenters. The van der Waals surface area contributed by atoms with Crippen molar-refractivity contribution in [3.05, 3.63) is 18.0 Å². The first kappa shape index (κ1) is 10.1. The lowest BCUT2D eigenvalue weighted by molar-refractivity contribution is 0.0933. The fraction of sp³-hybridized carbons (Fsp3) is 0.545. The van der Waals surface area contributed by atoms with Gasteiger partial charge >= 0.3 is 0 Å². The topological polar surface area (TPSA) is 60.1 Å². The van der Waals surface area contributed by atoms with Crippen LogP contribution in [0.4, 0.5) is 5.69 Å². The van der Waals surface area contributed by atoms with Gasteiger partial charge in [0, 0.05) is 18.3 Å². The number of hydrogen-bond acceptors (Lipinski definition) is 2. The molecule has 82 valence electrons. The van der Waals surface area contributed by atoms with E-state index in [9.17, 15) is 4.79 Å². The first-order valence-corrected chi connectivity index (χ1v) is 5.36. The highest BCUT2D eigenvalue weighted by molar-refractivity contribution is 5.94. The molecule has 1 heterocycles. The molecule has 1 aromatic rings. The molecule has 0 atom stereocenters. The van der Waals surface area contributed by atoms with Crippen LogP contribution in [0.5, 0.6) is 0 Å². The Kier molecular flexibility index (Phi) is 2.42. The molecule has 1 aliphatic rings. The summed E-state index contributed by atoms with van der Waals surface area (Å²) in [5, 5.41) is 2.88. The fourth-order valence-electron chi connectivity index (χ4n) is 1.67. The zero-order valence-electron chi connectivity index (χ0n) is 9.16. The number of carbonyl (C=O) groups is 1. The Balaban J connectivity index is 2.22. The van der Waals surface area contributed by atoms with Crippen LogP contribution in [0.2, 0.25) is 0 Å². The number of nitrogens with one attached hydrogen (secondary N) is 1. The molecule has 4 heteroatoms. The average molecular weight is 207 g/mol. The monoisotopic (exact) mass is 207 g/mol. The van der Waals surface area contributed by atoms with Crippen LogP contribution in [0.25, 0.3) is 0 Å². The predicted molar refractivity (Wildman–Crippen MR) is 59.7 cm³/mol. The number of carbonyl (C=O) groups excluding carboxylic acids is 1. The summed E-state index contributed by atoms with van der Waals surface area (Å²) in [6, 6.07) is 2.38. The molecule has 4 nitrogen and oxygen atoms in total. The third-order valence-corrected chi connectivity index (χ3v) is 2.46. The SMILES string of the molecule is CC(C)NC(=O)c1cc(N)cn1C1CC1. The van der Waals surface area contributed by atoms with Gasteiger partial charge in [0.05, 0.1) is 5.69 Å². The van der Waals surface area contributed by atoms with Crippen LogP contribution >= 0.6 is 0 Å². The molecule has 0 aromatic carbocycles. The second-order valence-electron chi connectivity index (χ2n) is 4.43. The molecule has 0 radical (unpaired) electrons. The smallest absolute Gasteiger partial charge is 0.268 e. The number of nitrogens with two attached hydrogens (primary N) is 1. The third-order valence-electron chi connectivity index (χ3n) is 2.46. The Morgan fingerprint density at radius 2 is 2.27 bits per heavy atom. The van der Waals surface area contributed by atoms with Crippen molar-refractivity contribution in [1.82, 2.24) is 9.88 Å². The molecule has 1 amide bonds. The Hall–Kier alpha value is -1.45. The van der Waals surface area contributed by atoms with Crippen LogP contribution in [-0.2, 0) is 0 Å². The molecule has 0 spiro atoms. The molecule has 1 saturated carbocycles. The molecule has 0 bridgehead atoms. The van der Waals surface area contributed by atoms with Crippen LogP contribution in [0.3, 0.4) is 0 Å². The number of amides is 1. The van der Waals surface area contributed by atoms with Crippen molar-refractivity contribution < 1.29 is 4.79 Å². The van der Waals surface area contributed by atoms with Gasteiger partial charge in [0.2, 0.25) is 0 Å². The molecule has 15 heavy (non-hydrogen) atoms. The van der Waals surface area contributed by atoms with Crippen molar-refractivity contribution in [2.45, 2.75) is 38.8 Å². The standard InChI is InChI=1S/C11H17N3O/c1-7(2)13-11(15)10-5-8(12)6-14(10)9-3-4-9/h5-7,9H,3-4,12H2,1-2H3,(H,13,15). The summed E-state index contributed by atoms with van der Waals surface area (Å²) in [6.45, 7) is 3.90. The van der Waals surface area contributed by atoms with Gasteiger partial charge in [0.25, 0.3) is 5.91 Å². The number of anilines is 1. The van der Waals surface area contributed by atoms with Crippen LogP contribution in [0.15, 0.2) is 12.3 Å². The van der Waals surface area contributed by atoms with Gasteiger partial charge in [-0.25, -0.2) is 0 Å². The molecule has 2 rings (SSSR count). The van der Waals surface area contributed by atoms with E-state index in [0.29, 0.717) is 17.4 Å². The number of rotatable bonds is 3. The molecule has 1 aromatic heterocycles. The van der Waals surface area contributed by atoms with E-state index in [2.05, 4.69) is 5.32 Å². The van der Waals surface area contributed by atoms with E-state index < -0.39 is 0 Å². The first-order chi connectivity index (χ1) is 7.08. The van der Waals surface area contributed by atoms with Crippen molar-refractivity contribution in [3.8, 4) is 0 Å². The second kappa shape index (κ2) is 3.61. The van der Waals surface area contributed by atoms with Crippen LogP contribution in [0, 0.1) is 0 Å². The maximum absolute atomic E-state index is 11.8. The molecule has 0 aliphatic heterocycles. The van der Waals surface area contributed by atoms with Crippen LogP contribution in [0.1, 0.15) is 43.2 Å². The lowest BCUT2D eigenvalue weighted by atomic mass is 10.3. The van der Waals surface area contributed by atoms with Crippen LogP contribution in [-0.4, -0.2) is 16.5 Å². The Morgan fingerprint density at radius 3 is 2.80 bits per heavy atom. The number of nitrogen functional groups attached to an aromatic ring is 1. The van der Waals surface area contributed by atoms with Gasteiger partial charge < -0.3 is 15.6 Å². The van der Waals surface area contributed by atoms with Crippen molar-refractivity contribution >= 4 is 11.6 Å². The highest BCUT2D eigenvalue weighted by Crippen LogP contribution is 2.37. The summed E-state index contributed by atoms with van der Waals surface area (Å²) in [7, 11) is 0. The predicted octanol–water partition coefficient (Wildman–Crippen LogP) is 1.54. The summed E-state index contributed by atoms with van der Waals surface area (Å²) in [6.07, 6.45) is 4.15. The van der Waals surface area contributed by atoms with Crippen molar-refractivity contribution in [1.29, 1.82) is 0 Å². The highest BCUT2D eigenvalue weighted by atomic mass is 16.2. The zero-order chi connectivity index (χ0) is 11.0. The highest BCUT2D eigenvalue weighted by Gasteiger charge is 2.27. The second-order valence-corrected chi connectivity index (χ2v) is 4.43. The van der Waals surface area contributed by atoms with E-state index in [1.807, 2.05) is 24.6 Å². The molecule has 3 N–H and O–H groups in total. The van der Waals surface area contributed by atoms with E-state index in [0.717, 1.165) is 12.8 Å². The summed E-state index contributed by atoms with van der Waals surface area (Å²) >= 11 is 0. The molecule has 0 saturated heterocycles. The average Bonchev–Trinajstić information content (AvgIpc) is 2.88. The number of aromatic nitrogens is 1. The molecule has 1 aliphatic carbocycles. The number of hydrogen-bond donors (Lipinski definition) is 2. The summed E-state index contributed by atoms with van der Waals surface area (Å²) < 4.78 is 1.99. The largest absolute Gasteiger partial charge is 0.397 e. The van der Waals surface area contributed by atoms with Crippen molar-refractivity contribution in [3.63, 3.8) is 0 Å². The maximum Gasteiger partial charge on any atom is 0.268 e. The van der Waals surface area contributed by atoms with Gasteiger partial charge in [-0.1, -0.05) is 0 Å². The van der Waals surface area contributed by atoms with E-state index in [1.54, 1.807) is 6.07 Å². The number of nitrogens with zero attached hydrogens (tertiary/aromatic N) is 1. The van der Waals surface area contributed by atoms with Gasteiger partial charge in [-0.3, -0.25) is 4.79 Å². The Labute approximate surface area is 89.5 Å². The quantitative estimate of drug-likeness (QED) is 0.789. The molecule has 1 fully saturated rings. The van der Waals surface area contributed by atoms with Gasteiger partial charge in [-0.2, -0.15) is 0 Å². The maximum atomic E-state index is 11.8. The lowest BCUT2D eigenvalue weighted by Gasteiger charge is -2.10. The Morgan fingerprint density at radius 1 is 1.60 bits per heavy atom. The van der Waals surface area contributed by atoms with Gasteiger partial charge in [0.15, 0.2) is 0 Å². The Bertz CT molecular complexity index is 377. The fourth-order valence-corrected chi connectivity index (χ4v) is 1.67. The normalized spacial score (nSPS) is 15.7. The summed E-state index contributed by atoms with van der Waals surface area (Å²) in [5.74, 6) is -0.0337. The van der Waals surface area contributed by atoms with Gasteiger partial charge in [0.1, 0.15) is 5.69 Å². The van der Waals surface area contributed by atoms with Gasteiger partial charge in [-0.05, 0) is 32.8 Å². The minimum absolute atomic E-state index is 0.0337. The van der Waals surface area contributed by atoms with Crippen molar-refractivity contribution in [2.24, 2.45) is 0 Å². The van der Waals surface area contributed by atoms with Crippen molar-refractivity contribution in [2.75, 3.05) is 5.73 Å². The summed E-state index contributed by atoms with van der Waals surface area (Å²) in [5.41, 5.74) is 7.06. The minimum Gasteiger partial charge on any atom is -0.397 e. The molecular weight excluding hydrogens is 190 g/mol. The van der Waals surface area contributed by atoms with E-state index >= 15 is 0 Å².